The summed E-state index contributed by atoms with van der Waals surface area (Å²) in [6.07, 6.45) is 4.45. The highest BCUT2D eigenvalue weighted by atomic mass is 16.3. The van der Waals surface area contributed by atoms with Crippen LogP contribution in [0.2, 0.25) is 0 Å². The Labute approximate surface area is 44.7 Å². The Kier molecular flexibility index (Phi) is 3.71. The predicted molar refractivity (Wildman–Crippen MR) is 31.1 cm³/mol. The Morgan fingerprint density at radius 2 is 2.29 bits per heavy atom. The molecule has 1 N–H and O–H groups in total. The Bertz CT molecular complexity index is 55.2. The molecule has 0 amide bonds. The van der Waals surface area contributed by atoms with Gasteiger partial charge in [0.1, 0.15) is 0 Å². The molecule has 0 saturated heterocycles. The summed E-state index contributed by atoms with van der Waals surface area (Å²) < 4.78 is 0. The lowest BCUT2D eigenvalue weighted by Crippen LogP contribution is -1.90. The molecule has 0 radical (unpaired) electrons. The van der Waals surface area contributed by atoms with Gasteiger partial charge in [0, 0.05) is 0 Å². The van der Waals surface area contributed by atoms with Gasteiger partial charge in [0.25, 0.3) is 0 Å². The summed E-state index contributed by atoms with van der Waals surface area (Å²) in [7, 11) is 0. The smallest absolute Gasteiger partial charge is 0.0692 e. The summed E-state index contributed by atoms with van der Waals surface area (Å²) in [6, 6.07) is 0. The van der Waals surface area contributed by atoms with Gasteiger partial charge >= 0.3 is 0 Å². The maximum atomic E-state index is 8.60. The third kappa shape index (κ3) is 5.70. The molecule has 42 valence electrons. The lowest BCUT2D eigenvalue weighted by molar-refractivity contribution is 0.244. The van der Waals surface area contributed by atoms with Crippen molar-refractivity contribution in [3.8, 4) is 0 Å². The molecular formula is C6H12O. The zero-order chi connectivity index (χ0) is 5.70. The summed E-state index contributed by atoms with van der Waals surface area (Å²) >= 11 is 0. The van der Waals surface area contributed by atoms with Crippen molar-refractivity contribution in [1.29, 1.82) is 0 Å². The fraction of sp³-hybridized carbons (Fsp3) is 0.667. The van der Waals surface area contributed by atoms with Crippen LogP contribution in [0.15, 0.2) is 12.2 Å². The second-order valence-corrected chi connectivity index (χ2v) is 1.58. The lowest BCUT2D eigenvalue weighted by Gasteiger charge is -1.88. The summed E-state index contributed by atoms with van der Waals surface area (Å²) in [5.41, 5.74) is 0. The Hall–Kier alpha value is -0.300. The third-order valence-corrected chi connectivity index (χ3v) is 0.650. The highest BCUT2D eigenvalue weighted by Crippen LogP contribution is 1.84. The van der Waals surface area contributed by atoms with E-state index in [1.165, 1.54) is 0 Å². The minimum absolute atomic E-state index is 0.278. The first-order chi connectivity index (χ1) is 3.27. The molecular weight excluding hydrogens is 88.1 g/mol. The molecule has 0 aromatic rings. The number of rotatable bonds is 2. The van der Waals surface area contributed by atoms with Crippen LogP contribution in [0.5, 0.6) is 0 Å². The summed E-state index contributed by atoms with van der Waals surface area (Å²) in [5, 5.41) is 8.60. The van der Waals surface area contributed by atoms with Crippen LogP contribution in [0.25, 0.3) is 0 Å². The van der Waals surface area contributed by atoms with Crippen LogP contribution < -0.4 is 0 Å². The second-order valence-electron chi connectivity index (χ2n) is 1.58. The first kappa shape index (κ1) is 6.70. The number of allylic oxidation sites excluding steroid dienone is 1. The molecule has 0 aliphatic rings. The van der Waals surface area contributed by atoms with Gasteiger partial charge in [-0.2, -0.15) is 0 Å². The van der Waals surface area contributed by atoms with E-state index in [9.17, 15) is 0 Å². The monoisotopic (exact) mass is 100 g/mol. The molecule has 0 fully saturated rings. The van der Waals surface area contributed by atoms with Gasteiger partial charge in [-0.15, -0.1) is 0 Å². The fourth-order valence-corrected chi connectivity index (χ4v) is 0.333. The standard InChI is InChI=1S/C6H12O/c1-3-4-5-6(2)7/h4-7H,3H2,1-2H3/b5-4-/t6-/m1/s1. The average Bonchev–Trinajstić information content (AvgIpc) is 1.61. The quantitative estimate of drug-likeness (QED) is 0.519. The van der Waals surface area contributed by atoms with Gasteiger partial charge in [-0.1, -0.05) is 19.1 Å². The molecule has 0 heterocycles. The van der Waals surface area contributed by atoms with Crippen molar-refractivity contribution in [2.45, 2.75) is 26.4 Å². The van der Waals surface area contributed by atoms with E-state index in [2.05, 4.69) is 0 Å². The molecule has 1 heteroatoms. The van der Waals surface area contributed by atoms with E-state index in [-0.39, 0.29) is 6.10 Å². The van der Waals surface area contributed by atoms with Crippen molar-refractivity contribution in [2.24, 2.45) is 0 Å². The molecule has 0 aromatic heterocycles. The maximum absolute atomic E-state index is 8.60. The van der Waals surface area contributed by atoms with Gasteiger partial charge in [0.15, 0.2) is 0 Å². The van der Waals surface area contributed by atoms with Crippen molar-refractivity contribution >= 4 is 0 Å². The largest absolute Gasteiger partial charge is 0.389 e. The summed E-state index contributed by atoms with van der Waals surface area (Å²) in [4.78, 5) is 0. The van der Waals surface area contributed by atoms with Gasteiger partial charge < -0.3 is 5.11 Å². The van der Waals surface area contributed by atoms with Crippen LogP contribution in [0.1, 0.15) is 20.3 Å². The first-order valence-electron chi connectivity index (χ1n) is 2.62. The van der Waals surface area contributed by atoms with E-state index in [1.54, 1.807) is 13.0 Å². The number of aliphatic hydroxyl groups excluding tert-OH is 1. The number of aliphatic hydroxyl groups is 1. The second kappa shape index (κ2) is 3.88. The van der Waals surface area contributed by atoms with E-state index < -0.39 is 0 Å². The van der Waals surface area contributed by atoms with E-state index in [4.69, 9.17) is 5.11 Å². The van der Waals surface area contributed by atoms with Crippen molar-refractivity contribution in [3.63, 3.8) is 0 Å². The molecule has 0 saturated carbocycles. The van der Waals surface area contributed by atoms with Crippen LogP contribution in [0.3, 0.4) is 0 Å². The zero-order valence-corrected chi connectivity index (χ0v) is 4.89. The van der Waals surface area contributed by atoms with Crippen LogP contribution in [-0.2, 0) is 0 Å². The molecule has 0 spiro atoms. The van der Waals surface area contributed by atoms with Crippen LogP contribution in [0.4, 0.5) is 0 Å². The Morgan fingerprint density at radius 1 is 1.71 bits per heavy atom. The average molecular weight is 100 g/mol. The SMILES string of the molecule is CC/C=C\[C@@H](C)O. The van der Waals surface area contributed by atoms with Crippen LogP contribution in [0, 0.1) is 0 Å². The maximum Gasteiger partial charge on any atom is 0.0692 e. The van der Waals surface area contributed by atoms with E-state index in [0.29, 0.717) is 0 Å². The third-order valence-electron chi connectivity index (χ3n) is 0.650. The predicted octanol–water partition coefficient (Wildman–Crippen LogP) is 1.33. The van der Waals surface area contributed by atoms with Crippen molar-refractivity contribution in [2.75, 3.05) is 0 Å². The molecule has 0 unspecified atom stereocenters. The Balaban J connectivity index is 3.08. The lowest BCUT2D eigenvalue weighted by atomic mass is 10.3. The normalized spacial score (nSPS) is 15.3. The van der Waals surface area contributed by atoms with Gasteiger partial charge in [-0.3, -0.25) is 0 Å². The summed E-state index contributed by atoms with van der Waals surface area (Å²) in [6.45, 7) is 3.78. The minimum Gasteiger partial charge on any atom is -0.389 e. The van der Waals surface area contributed by atoms with Gasteiger partial charge in [-0.25, -0.2) is 0 Å². The molecule has 7 heavy (non-hydrogen) atoms. The molecule has 1 atom stereocenters. The minimum atomic E-state index is -0.278. The van der Waals surface area contributed by atoms with Gasteiger partial charge in [-0.05, 0) is 13.3 Å². The van der Waals surface area contributed by atoms with E-state index >= 15 is 0 Å². The highest BCUT2D eigenvalue weighted by molar-refractivity contribution is 4.84. The van der Waals surface area contributed by atoms with Crippen LogP contribution >= 0.6 is 0 Å². The molecule has 0 aliphatic heterocycles. The topological polar surface area (TPSA) is 20.2 Å². The first-order valence-corrected chi connectivity index (χ1v) is 2.62. The molecule has 0 aromatic carbocycles. The van der Waals surface area contributed by atoms with E-state index in [1.807, 2.05) is 13.0 Å². The van der Waals surface area contributed by atoms with Gasteiger partial charge in [0.05, 0.1) is 6.10 Å². The number of hydrogen-bond acceptors (Lipinski definition) is 1. The van der Waals surface area contributed by atoms with Crippen molar-refractivity contribution in [3.05, 3.63) is 12.2 Å². The summed E-state index contributed by atoms with van der Waals surface area (Å²) in [5.74, 6) is 0. The molecule has 0 aliphatic carbocycles. The van der Waals surface area contributed by atoms with Crippen molar-refractivity contribution in [1.82, 2.24) is 0 Å². The van der Waals surface area contributed by atoms with Crippen LogP contribution in [-0.4, -0.2) is 11.2 Å². The fourth-order valence-electron chi connectivity index (χ4n) is 0.333. The van der Waals surface area contributed by atoms with Crippen molar-refractivity contribution < 1.29 is 5.11 Å². The molecule has 0 bridgehead atoms. The zero-order valence-electron chi connectivity index (χ0n) is 4.89. The van der Waals surface area contributed by atoms with E-state index in [0.717, 1.165) is 6.42 Å². The molecule has 1 nitrogen and oxygen atoms in total. The van der Waals surface area contributed by atoms with Gasteiger partial charge in [0.2, 0.25) is 0 Å². The number of hydrogen-bond donors (Lipinski definition) is 1. The highest BCUT2D eigenvalue weighted by Gasteiger charge is 1.79. The molecule has 0 rings (SSSR count). The Morgan fingerprint density at radius 3 is 2.43 bits per heavy atom.